The fraction of sp³-hybridized carbons (Fsp3) is 0.155. The van der Waals surface area contributed by atoms with Crippen molar-refractivity contribution in [1.82, 2.24) is 0 Å². The third-order valence-electron chi connectivity index (χ3n) is 18.4. The lowest BCUT2D eigenvalue weighted by molar-refractivity contribution is 0.0106. The number of hydrogen-bond acceptors (Lipinski definition) is 3. The zero-order chi connectivity index (χ0) is 50.5. The summed E-state index contributed by atoms with van der Waals surface area (Å²) in [5.74, 6) is 0. The van der Waals surface area contributed by atoms with Gasteiger partial charge in [-0.15, -0.1) is 0 Å². The van der Waals surface area contributed by atoms with Gasteiger partial charge in [-0.3, -0.25) is 0 Å². The second-order valence-electron chi connectivity index (χ2n) is 22.4. The van der Waals surface area contributed by atoms with Gasteiger partial charge in [0.2, 0.25) is 0 Å². The lowest BCUT2D eigenvalue weighted by atomic mass is 9.33. The van der Waals surface area contributed by atoms with Gasteiger partial charge in [-0.1, -0.05) is 222 Å². The average Bonchev–Trinajstić information content (AvgIpc) is 3.48. The summed E-state index contributed by atoms with van der Waals surface area (Å²) in [6.45, 7) is 10.2. The highest BCUT2D eigenvalue weighted by atomic mass is 15.3. The van der Waals surface area contributed by atoms with Crippen LogP contribution in [0, 0.1) is 5.41 Å². The van der Waals surface area contributed by atoms with E-state index in [1.54, 1.807) is 0 Å². The van der Waals surface area contributed by atoms with Crippen LogP contribution in [-0.4, -0.2) is 12.3 Å². The fourth-order valence-electron chi connectivity index (χ4n) is 14.2. The molecule has 1 aliphatic carbocycles. The van der Waals surface area contributed by atoms with Crippen LogP contribution < -0.4 is 31.1 Å². The molecule has 2 atom stereocenters. The van der Waals surface area contributed by atoms with Crippen molar-refractivity contribution < 1.29 is 0 Å². The molecule has 1 saturated carbocycles. The molecule has 0 radical (unpaired) electrons. The van der Waals surface area contributed by atoms with Gasteiger partial charge in [0, 0.05) is 56.5 Å². The van der Waals surface area contributed by atoms with Crippen molar-refractivity contribution in [3.05, 3.63) is 248 Å². The Morgan fingerprint density at radius 2 is 0.827 bits per heavy atom. The van der Waals surface area contributed by atoms with Crippen molar-refractivity contribution in [2.75, 3.05) is 14.7 Å². The summed E-state index contributed by atoms with van der Waals surface area (Å²) in [7, 11) is 0. The van der Waals surface area contributed by atoms with Crippen LogP contribution in [0.4, 0.5) is 45.5 Å². The van der Waals surface area contributed by atoms with E-state index in [2.05, 4.69) is 285 Å². The molecule has 10 aromatic rings. The first kappa shape index (κ1) is 45.3. The first-order chi connectivity index (χ1) is 36.7. The van der Waals surface area contributed by atoms with Gasteiger partial charge in [-0.05, 0) is 146 Å². The lowest BCUT2D eigenvalue weighted by Crippen LogP contribution is -2.67. The Bertz CT molecular complexity index is 3800. The Morgan fingerprint density at radius 3 is 1.47 bits per heavy atom. The quantitative estimate of drug-likeness (QED) is 0.147. The van der Waals surface area contributed by atoms with Crippen LogP contribution in [0.5, 0.6) is 0 Å². The Kier molecular flexibility index (Phi) is 10.5. The number of nitrogens with zero attached hydrogens (tertiary/aromatic N) is 3. The van der Waals surface area contributed by atoms with Crippen molar-refractivity contribution in [2.24, 2.45) is 5.41 Å². The van der Waals surface area contributed by atoms with Gasteiger partial charge >= 0.3 is 0 Å². The molecule has 0 amide bonds. The number of benzene rings is 10. The topological polar surface area (TPSA) is 9.72 Å². The van der Waals surface area contributed by atoms with Gasteiger partial charge in [-0.2, -0.15) is 0 Å². The molecule has 0 saturated heterocycles. The minimum atomic E-state index is -0.187. The highest BCUT2D eigenvalue weighted by Gasteiger charge is 2.62. The van der Waals surface area contributed by atoms with Crippen LogP contribution in [0.2, 0.25) is 0 Å². The zero-order valence-electron chi connectivity index (χ0n) is 43.3. The maximum atomic E-state index is 2.82. The summed E-state index contributed by atoms with van der Waals surface area (Å²) in [5.41, 5.74) is 24.4. The number of fused-ring (bicyclic) bond motifs is 6. The van der Waals surface area contributed by atoms with Crippen molar-refractivity contribution in [1.29, 1.82) is 0 Å². The predicted molar refractivity (Wildman–Crippen MR) is 319 cm³/mol. The molecule has 3 nitrogen and oxygen atoms in total. The molecular weight excluding hydrogens is 906 g/mol. The smallest absolute Gasteiger partial charge is 0.252 e. The largest absolute Gasteiger partial charge is 0.335 e. The number of para-hydroxylation sites is 1. The highest BCUT2D eigenvalue weighted by molar-refractivity contribution is 7.00. The third-order valence-corrected chi connectivity index (χ3v) is 18.4. The highest BCUT2D eigenvalue weighted by Crippen LogP contribution is 2.65. The first-order valence-electron chi connectivity index (χ1n) is 27.1. The summed E-state index contributed by atoms with van der Waals surface area (Å²) in [6.07, 6.45) is 4.72. The van der Waals surface area contributed by atoms with E-state index in [1.807, 2.05) is 0 Å². The standard InChI is InChI=1S/C71H60BN3/c1-69(2)60-32-17-18-33-63(60)75(71(4)43-20-19-42-70(69,71)3)59-47-66-68-67(48-59)74(58-31-21-30-54(44-58)50-24-11-6-12-25-50)65-46-56(52-28-15-8-16-29-52)36-40-61(65)72(68)62-45-55(51-26-13-7-14-27-51)37-41-64(62)73(66)57-38-34-53(35-39-57)49-22-9-5-10-23-49/h5-18,21-41,44-48H,19-20,42-43H2,1-4H3. The van der Waals surface area contributed by atoms with Crippen LogP contribution in [0.25, 0.3) is 44.5 Å². The molecule has 1 fully saturated rings. The Balaban J connectivity index is 1.10. The Labute approximate surface area is 443 Å². The van der Waals surface area contributed by atoms with E-state index < -0.39 is 0 Å². The van der Waals surface area contributed by atoms with E-state index in [1.165, 1.54) is 120 Å². The number of hydrogen-bond donors (Lipinski definition) is 0. The summed E-state index contributed by atoms with van der Waals surface area (Å²) in [6, 6.07) is 91.1. The maximum absolute atomic E-state index is 2.82. The van der Waals surface area contributed by atoms with Crippen LogP contribution in [0.1, 0.15) is 58.9 Å². The van der Waals surface area contributed by atoms with Gasteiger partial charge in [0.1, 0.15) is 0 Å². The van der Waals surface area contributed by atoms with Crippen LogP contribution in [0.15, 0.2) is 243 Å². The molecule has 0 N–H and O–H groups in total. The minimum absolute atomic E-state index is 0.0173. The van der Waals surface area contributed by atoms with Crippen molar-refractivity contribution >= 4 is 68.6 Å². The summed E-state index contributed by atoms with van der Waals surface area (Å²) >= 11 is 0. The van der Waals surface area contributed by atoms with Crippen molar-refractivity contribution in [3.8, 4) is 44.5 Å². The van der Waals surface area contributed by atoms with Crippen LogP contribution >= 0.6 is 0 Å². The van der Waals surface area contributed by atoms with E-state index in [0.717, 1.165) is 17.8 Å². The van der Waals surface area contributed by atoms with E-state index >= 15 is 0 Å². The molecule has 0 aromatic heterocycles. The van der Waals surface area contributed by atoms with Gasteiger partial charge in [0.15, 0.2) is 0 Å². The van der Waals surface area contributed by atoms with Crippen LogP contribution in [-0.2, 0) is 5.41 Å². The monoisotopic (exact) mass is 965 g/mol. The molecule has 2 unspecified atom stereocenters. The summed E-state index contributed by atoms with van der Waals surface area (Å²) < 4.78 is 0. The molecule has 14 rings (SSSR count). The van der Waals surface area contributed by atoms with Gasteiger partial charge in [-0.25, -0.2) is 0 Å². The molecule has 3 heterocycles. The molecule has 75 heavy (non-hydrogen) atoms. The minimum Gasteiger partial charge on any atom is -0.335 e. The maximum Gasteiger partial charge on any atom is 0.252 e. The van der Waals surface area contributed by atoms with E-state index in [-0.39, 0.29) is 23.1 Å². The molecule has 4 heteroatoms. The lowest BCUT2D eigenvalue weighted by Gasteiger charge is -2.66. The number of rotatable bonds is 7. The van der Waals surface area contributed by atoms with E-state index in [0.29, 0.717) is 0 Å². The van der Waals surface area contributed by atoms with Gasteiger partial charge in [0.05, 0.1) is 0 Å². The Morgan fingerprint density at radius 1 is 0.333 bits per heavy atom. The van der Waals surface area contributed by atoms with Crippen LogP contribution in [0.3, 0.4) is 0 Å². The molecule has 4 aliphatic rings. The summed E-state index contributed by atoms with van der Waals surface area (Å²) in [4.78, 5) is 8.04. The van der Waals surface area contributed by atoms with Crippen molar-refractivity contribution in [2.45, 2.75) is 64.3 Å². The normalized spacial score (nSPS) is 18.8. The second kappa shape index (κ2) is 17.4. The van der Waals surface area contributed by atoms with E-state index in [4.69, 9.17) is 0 Å². The number of anilines is 8. The summed E-state index contributed by atoms with van der Waals surface area (Å²) in [5, 5.41) is 0. The molecule has 0 spiro atoms. The second-order valence-corrected chi connectivity index (χ2v) is 22.4. The molecule has 362 valence electrons. The molecule has 10 aromatic carbocycles. The van der Waals surface area contributed by atoms with Gasteiger partial charge < -0.3 is 14.7 Å². The first-order valence-corrected chi connectivity index (χ1v) is 27.1. The molecule has 0 bridgehead atoms. The zero-order valence-corrected chi connectivity index (χ0v) is 43.3. The van der Waals surface area contributed by atoms with Gasteiger partial charge in [0.25, 0.3) is 6.71 Å². The van der Waals surface area contributed by atoms with E-state index in [9.17, 15) is 0 Å². The van der Waals surface area contributed by atoms with Crippen molar-refractivity contribution in [3.63, 3.8) is 0 Å². The molecule has 3 aliphatic heterocycles. The molecular formula is C71H60BN3. The SMILES string of the molecule is CC1(C)c2ccccc2N(c2cc3c4c(c2)N(c2cccc(-c5ccccc5)c2)c2cc(-c5ccccc5)ccc2B4c2cc(-c4ccccc4)ccc2N3c2ccc(-c3ccccc3)cc2)C2(C)CCCCC12C. The third kappa shape index (κ3) is 6.95. The Hall–Kier alpha value is -8.34. The fourth-order valence-corrected chi connectivity index (χ4v) is 14.2. The predicted octanol–water partition coefficient (Wildman–Crippen LogP) is 17.2. The average molecular weight is 966 g/mol.